The van der Waals surface area contributed by atoms with Crippen LogP contribution in [0, 0.1) is 0 Å². The SMILES string of the molecule is CC(=O)c1ccc(S(=O)(=O)Nc2ccccc2OCCOc2ccc(C(=O)O)cc2)cc1.CCS(=O)(=O)Nc1ccccc1OCCOc1ccc(C(=O)O)cc1.O=C(O)c1ccc(OCCOc2ccccc2NS(=O)(=O)c2ccc(-c3ccccc3)cc2)cc1. The molecule has 25 heteroatoms. The number of anilines is 3. The topological polar surface area (TPSA) is 323 Å². The first-order valence-corrected chi connectivity index (χ1v) is 32.6. The molecule has 9 rings (SSSR count). The van der Waals surface area contributed by atoms with Crippen molar-refractivity contribution in [3.8, 4) is 45.6 Å². The average molecular weight is 1310 g/mol. The monoisotopic (exact) mass is 1310 g/mol. The van der Waals surface area contributed by atoms with Crippen LogP contribution in [0.4, 0.5) is 17.1 Å². The molecule has 0 fully saturated rings. The number of nitrogens with one attached hydrogen (secondary N) is 3. The molecule has 9 aromatic rings. The number of ether oxygens (including phenoxy) is 6. The van der Waals surface area contributed by atoms with Crippen molar-refractivity contribution in [3.05, 3.63) is 247 Å². The fourth-order valence-corrected chi connectivity index (χ4v) is 10.8. The van der Waals surface area contributed by atoms with E-state index in [1.807, 2.05) is 30.3 Å². The molecule has 0 atom stereocenters. The number of carbonyl (C=O) groups is 4. The van der Waals surface area contributed by atoms with Crippen LogP contribution in [0.15, 0.2) is 234 Å². The normalized spacial score (nSPS) is 10.9. The minimum atomic E-state index is -3.88. The van der Waals surface area contributed by atoms with Crippen molar-refractivity contribution in [2.75, 3.05) is 59.6 Å². The number of carboxylic acid groups (broad SMARTS) is 3. The van der Waals surface area contributed by atoms with Gasteiger partial charge in [0.15, 0.2) is 5.78 Å². The third-order valence-electron chi connectivity index (χ3n) is 12.8. The van der Waals surface area contributed by atoms with Gasteiger partial charge in [0.1, 0.15) is 74.1 Å². The number of hydrogen-bond acceptors (Lipinski definition) is 16. The van der Waals surface area contributed by atoms with E-state index in [9.17, 15) is 44.4 Å². The summed E-state index contributed by atoms with van der Waals surface area (Å²) in [6.07, 6.45) is 0. The van der Waals surface area contributed by atoms with Gasteiger partial charge in [-0.2, -0.15) is 0 Å². The maximum Gasteiger partial charge on any atom is 0.335 e. The summed E-state index contributed by atoms with van der Waals surface area (Å²) in [5, 5.41) is 26.7. The Bertz CT molecular complexity index is 4280. The standard InChI is InChI=1S/C27H23NO6S.C23H21NO7S.C17H19NO6S/c29-27(30)22-10-14-23(15-11-22)33-18-19-34-26-9-5-4-8-25(26)28-35(31,32)24-16-12-21(13-17-24)20-6-2-1-3-7-20;1-16(25)17-8-12-20(13-9-17)32(28,29)24-21-4-2-3-5-22(21)31-15-14-30-19-10-6-18(7-11-19)23(26)27;1-2-25(21,22)18-15-5-3-4-6-16(15)24-12-11-23-14-9-7-13(8-10-14)17(19)20/h1-17,28H,18-19H2,(H,29,30);2-13,24H,14-15H2,1H3,(H,26,27);3-10,18H,2,11-12H2,1H3,(H,19,20). The van der Waals surface area contributed by atoms with Gasteiger partial charge >= 0.3 is 17.9 Å². The van der Waals surface area contributed by atoms with Crippen molar-refractivity contribution in [3.63, 3.8) is 0 Å². The first-order chi connectivity index (χ1) is 44.1. The number of carbonyl (C=O) groups excluding carboxylic acids is 1. The van der Waals surface area contributed by atoms with Crippen LogP contribution < -0.4 is 42.6 Å². The molecule has 0 unspecified atom stereocenters. The van der Waals surface area contributed by atoms with E-state index >= 15 is 0 Å². The van der Waals surface area contributed by atoms with Gasteiger partial charge in [-0.3, -0.25) is 19.0 Å². The summed E-state index contributed by atoms with van der Waals surface area (Å²) in [7, 11) is -11.1. The van der Waals surface area contributed by atoms with Crippen molar-refractivity contribution in [2.45, 2.75) is 23.6 Å². The third-order valence-corrected chi connectivity index (χ3v) is 16.8. The van der Waals surface area contributed by atoms with Gasteiger partial charge < -0.3 is 43.7 Å². The van der Waals surface area contributed by atoms with Crippen molar-refractivity contribution >= 4 is 70.8 Å². The van der Waals surface area contributed by atoms with E-state index in [-0.39, 0.29) is 83.3 Å². The highest BCUT2D eigenvalue weighted by atomic mass is 32.2. The molecule has 0 aliphatic heterocycles. The highest BCUT2D eigenvalue weighted by Gasteiger charge is 2.20. The predicted octanol–water partition coefficient (Wildman–Crippen LogP) is 11.8. The Labute approximate surface area is 531 Å². The predicted molar refractivity (Wildman–Crippen MR) is 346 cm³/mol. The van der Waals surface area contributed by atoms with E-state index in [0.29, 0.717) is 51.4 Å². The number of benzene rings is 9. The van der Waals surface area contributed by atoms with Crippen molar-refractivity contribution < 1.29 is 88.2 Å². The van der Waals surface area contributed by atoms with Gasteiger partial charge in [-0.25, -0.2) is 39.6 Å². The smallest absolute Gasteiger partial charge is 0.335 e. The Morgan fingerprint density at radius 1 is 0.337 bits per heavy atom. The Hall–Kier alpha value is -10.9. The lowest BCUT2D eigenvalue weighted by Gasteiger charge is -2.14. The summed E-state index contributed by atoms with van der Waals surface area (Å²) in [4.78, 5) is 44.1. The molecule has 6 N–H and O–H groups in total. The molecule has 22 nitrogen and oxygen atoms in total. The van der Waals surface area contributed by atoms with E-state index < -0.39 is 48.0 Å². The molecule has 0 saturated heterocycles. The lowest BCUT2D eigenvalue weighted by Crippen LogP contribution is -2.16. The maximum absolute atomic E-state index is 13.0. The molecular weight excluding hydrogens is 1250 g/mol. The number of ketones is 1. The van der Waals surface area contributed by atoms with Crippen LogP contribution in [0.2, 0.25) is 0 Å². The summed E-state index contributed by atoms with van der Waals surface area (Å²) >= 11 is 0. The zero-order valence-corrected chi connectivity index (χ0v) is 51.9. The Kier molecular flexibility index (Phi) is 24.7. The summed E-state index contributed by atoms with van der Waals surface area (Å²) < 4.78 is 116. The van der Waals surface area contributed by atoms with Crippen LogP contribution in [0.3, 0.4) is 0 Å². The molecule has 478 valence electrons. The molecule has 0 amide bonds. The van der Waals surface area contributed by atoms with Gasteiger partial charge in [0, 0.05) is 5.56 Å². The van der Waals surface area contributed by atoms with E-state index in [2.05, 4.69) is 14.2 Å². The summed E-state index contributed by atoms with van der Waals surface area (Å²) in [6.45, 7) is 4.03. The first kappa shape index (κ1) is 68.6. The number of Topliss-reactive ketones (excluding diaryl/α,β-unsaturated/α-hetero) is 1. The molecule has 0 bridgehead atoms. The molecule has 0 aliphatic rings. The second kappa shape index (κ2) is 33.1. The number of carboxylic acids is 3. The number of sulfonamides is 3. The van der Waals surface area contributed by atoms with E-state index in [1.165, 1.54) is 67.6 Å². The lowest BCUT2D eigenvalue weighted by atomic mass is 10.1. The molecule has 0 heterocycles. The number of para-hydroxylation sites is 6. The number of rotatable bonds is 29. The number of hydrogen-bond donors (Lipinski definition) is 6. The van der Waals surface area contributed by atoms with Crippen LogP contribution in [-0.2, 0) is 30.1 Å². The molecule has 0 radical (unpaired) electrons. The zero-order valence-electron chi connectivity index (χ0n) is 49.4. The van der Waals surface area contributed by atoms with Crippen LogP contribution in [0.25, 0.3) is 11.1 Å². The molecule has 9 aromatic carbocycles. The Balaban J connectivity index is 0.000000199. The van der Waals surface area contributed by atoms with Gasteiger partial charge in [-0.1, -0.05) is 91.0 Å². The van der Waals surface area contributed by atoms with E-state index in [1.54, 1.807) is 140 Å². The molecule has 92 heavy (non-hydrogen) atoms. The van der Waals surface area contributed by atoms with Crippen LogP contribution in [-0.4, -0.2) is 110 Å². The second-order valence-corrected chi connectivity index (χ2v) is 24.6. The maximum atomic E-state index is 13.0. The largest absolute Gasteiger partial charge is 0.490 e. The summed E-state index contributed by atoms with van der Waals surface area (Å²) in [5.74, 6) is -0.604. The minimum absolute atomic E-state index is 0.0189. The highest BCUT2D eigenvalue weighted by Crippen LogP contribution is 2.30. The first-order valence-electron chi connectivity index (χ1n) is 28.0. The average Bonchev–Trinajstić information content (AvgIpc) is 1.19. The van der Waals surface area contributed by atoms with Crippen LogP contribution in [0.5, 0.6) is 34.5 Å². The van der Waals surface area contributed by atoms with Gasteiger partial charge in [-0.15, -0.1) is 0 Å². The Morgan fingerprint density at radius 2 is 0.620 bits per heavy atom. The summed E-state index contributed by atoms with van der Waals surface area (Å²) in [6, 6.07) is 60.1. The van der Waals surface area contributed by atoms with Crippen LogP contribution in [0.1, 0.15) is 55.3 Å². The van der Waals surface area contributed by atoms with E-state index in [4.69, 9.17) is 43.7 Å². The van der Waals surface area contributed by atoms with Crippen molar-refractivity contribution in [2.24, 2.45) is 0 Å². The fraction of sp³-hybridized carbons (Fsp3) is 0.134. The molecular formula is C67H63N3O19S3. The fourth-order valence-electron chi connectivity index (χ4n) is 8.02. The molecule has 0 spiro atoms. The molecule has 0 aromatic heterocycles. The van der Waals surface area contributed by atoms with Crippen molar-refractivity contribution in [1.82, 2.24) is 0 Å². The molecule has 0 saturated carbocycles. The van der Waals surface area contributed by atoms with Gasteiger partial charge in [-0.05, 0) is 158 Å². The highest BCUT2D eigenvalue weighted by molar-refractivity contribution is 7.93. The third kappa shape index (κ3) is 21.1. The van der Waals surface area contributed by atoms with Gasteiger partial charge in [0.05, 0.1) is 49.3 Å². The second-order valence-electron chi connectivity index (χ2n) is 19.3. The minimum Gasteiger partial charge on any atom is -0.490 e. The Morgan fingerprint density at radius 3 is 0.946 bits per heavy atom. The van der Waals surface area contributed by atoms with Crippen molar-refractivity contribution in [1.29, 1.82) is 0 Å². The number of aromatic carboxylic acids is 3. The lowest BCUT2D eigenvalue weighted by molar-refractivity contribution is 0.0686. The molecule has 0 aliphatic carbocycles. The van der Waals surface area contributed by atoms with Crippen LogP contribution >= 0.6 is 0 Å². The quantitative estimate of drug-likeness (QED) is 0.0187. The summed E-state index contributed by atoms with van der Waals surface area (Å²) in [5.41, 5.74) is 3.80. The van der Waals surface area contributed by atoms with Gasteiger partial charge in [0.2, 0.25) is 10.0 Å². The zero-order chi connectivity index (χ0) is 66.1. The van der Waals surface area contributed by atoms with Gasteiger partial charge in [0.25, 0.3) is 20.0 Å². The van der Waals surface area contributed by atoms with E-state index in [0.717, 1.165) is 11.1 Å².